The van der Waals surface area contributed by atoms with Crippen LogP contribution in [0.15, 0.2) is 77.0 Å². The molecule has 0 aromatic heterocycles. The maximum Gasteiger partial charge on any atom is 0.199 e. The second-order valence-corrected chi connectivity index (χ2v) is 6.71. The minimum Gasteiger partial charge on any atom is -0.324 e. The Hall–Kier alpha value is -1.91. The summed E-state index contributed by atoms with van der Waals surface area (Å²) in [6, 6.07) is 18.1. The molecule has 0 aliphatic carbocycles. The first kappa shape index (κ1) is 15.5. The van der Waals surface area contributed by atoms with Gasteiger partial charge in [-0.25, -0.2) is 8.42 Å². The summed E-state index contributed by atoms with van der Waals surface area (Å²) in [6.07, 6.45) is 3.10. The van der Waals surface area contributed by atoms with E-state index in [2.05, 4.69) is 0 Å². The van der Waals surface area contributed by atoms with Gasteiger partial charge < -0.3 is 5.73 Å². The molecule has 0 bridgehead atoms. The van der Waals surface area contributed by atoms with Crippen LogP contribution in [0.1, 0.15) is 12.0 Å². The van der Waals surface area contributed by atoms with E-state index in [1.807, 2.05) is 30.3 Å². The molecule has 4 heteroatoms. The number of aryl methyl sites for hydroxylation is 1. The van der Waals surface area contributed by atoms with Crippen molar-refractivity contribution in [2.75, 3.05) is 0 Å². The van der Waals surface area contributed by atoms with Crippen LogP contribution in [-0.4, -0.2) is 14.5 Å². The Kier molecular flexibility index (Phi) is 5.31. The van der Waals surface area contributed by atoms with Gasteiger partial charge in [-0.1, -0.05) is 54.6 Å². The minimum atomic E-state index is -3.40. The molecule has 0 saturated carbocycles. The van der Waals surface area contributed by atoms with Crippen LogP contribution < -0.4 is 5.73 Å². The van der Waals surface area contributed by atoms with Gasteiger partial charge in [0.25, 0.3) is 0 Å². The van der Waals surface area contributed by atoms with Crippen molar-refractivity contribution in [2.45, 2.75) is 23.8 Å². The van der Waals surface area contributed by atoms with Crippen molar-refractivity contribution in [2.24, 2.45) is 5.73 Å². The highest BCUT2D eigenvalue weighted by Gasteiger charge is 2.09. The molecule has 0 fully saturated rings. The molecule has 0 spiro atoms. The van der Waals surface area contributed by atoms with Crippen molar-refractivity contribution in [3.63, 3.8) is 0 Å². The smallest absolute Gasteiger partial charge is 0.199 e. The molecule has 0 radical (unpaired) electrons. The second-order valence-electron chi connectivity index (χ2n) is 4.87. The van der Waals surface area contributed by atoms with E-state index < -0.39 is 9.84 Å². The molecule has 0 amide bonds. The Labute approximate surface area is 126 Å². The minimum absolute atomic E-state index is 0.274. The summed E-state index contributed by atoms with van der Waals surface area (Å²) < 4.78 is 24.1. The highest BCUT2D eigenvalue weighted by Crippen LogP contribution is 2.12. The molecule has 110 valence electrons. The highest BCUT2D eigenvalue weighted by atomic mass is 32.2. The number of hydrogen-bond acceptors (Lipinski definition) is 3. The average molecular weight is 301 g/mol. The Balaban J connectivity index is 1.94. The summed E-state index contributed by atoms with van der Waals surface area (Å²) in [5, 5.41) is 1.21. The van der Waals surface area contributed by atoms with Crippen LogP contribution in [0.3, 0.4) is 0 Å². The van der Waals surface area contributed by atoms with Gasteiger partial charge in [-0.3, -0.25) is 0 Å². The largest absolute Gasteiger partial charge is 0.324 e. The second kappa shape index (κ2) is 7.20. The number of benzene rings is 2. The van der Waals surface area contributed by atoms with E-state index in [1.165, 1.54) is 11.0 Å². The normalized spacial score (nSPS) is 13.4. The first-order valence-corrected chi connectivity index (χ1v) is 8.40. The standard InChI is InChI=1S/C17H19NO2S/c18-16(12-11-15-7-3-1-4-8-15)13-14-21(19,20)17-9-5-2-6-10-17/h1-10,13-14,16H,11-12,18H2. The molecule has 0 saturated heterocycles. The Morgan fingerprint density at radius 1 is 0.952 bits per heavy atom. The predicted octanol–water partition coefficient (Wildman–Crippen LogP) is 2.93. The van der Waals surface area contributed by atoms with Crippen LogP contribution in [0.25, 0.3) is 0 Å². The fraction of sp³-hybridized carbons (Fsp3) is 0.176. The van der Waals surface area contributed by atoms with Crippen molar-refractivity contribution < 1.29 is 8.42 Å². The predicted molar refractivity (Wildman–Crippen MR) is 85.5 cm³/mol. The fourth-order valence-corrected chi connectivity index (χ4v) is 3.07. The van der Waals surface area contributed by atoms with Crippen molar-refractivity contribution >= 4 is 9.84 Å². The molecule has 21 heavy (non-hydrogen) atoms. The third-order valence-electron chi connectivity index (χ3n) is 3.19. The third-order valence-corrected chi connectivity index (χ3v) is 4.63. The summed E-state index contributed by atoms with van der Waals surface area (Å²) in [7, 11) is -3.40. The van der Waals surface area contributed by atoms with Gasteiger partial charge in [-0.2, -0.15) is 0 Å². The Bertz CT molecular complexity index is 679. The van der Waals surface area contributed by atoms with Crippen LogP contribution in [0.2, 0.25) is 0 Å². The van der Waals surface area contributed by atoms with Gasteiger partial charge in [-0.15, -0.1) is 0 Å². The zero-order valence-corrected chi connectivity index (χ0v) is 12.5. The molecule has 0 aliphatic heterocycles. The van der Waals surface area contributed by atoms with Crippen molar-refractivity contribution in [1.82, 2.24) is 0 Å². The zero-order valence-electron chi connectivity index (χ0n) is 11.7. The lowest BCUT2D eigenvalue weighted by Crippen LogP contribution is -2.18. The fourth-order valence-electron chi connectivity index (χ4n) is 1.97. The summed E-state index contributed by atoms with van der Waals surface area (Å²) in [4.78, 5) is 0.288. The van der Waals surface area contributed by atoms with Gasteiger partial charge in [-0.05, 0) is 30.5 Å². The van der Waals surface area contributed by atoms with Crippen molar-refractivity contribution in [3.05, 3.63) is 77.7 Å². The lowest BCUT2D eigenvalue weighted by atomic mass is 10.1. The van der Waals surface area contributed by atoms with E-state index in [9.17, 15) is 8.42 Å². The van der Waals surface area contributed by atoms with E-state index in [1.54, 1.807) is 36.4 Å². The molecule has 1 unspecified atom stereocenters. The molecule has 2 N–H and O–H groups in total. The van der Waals surface area contributed by atoms with Crippen LogP contribution in [-0.2, 0) is 16.3 Å². The number of nitrogens with two attached hydrogens (primary N) is 1. The lowest BCUT2D eigenvalue weighted by molar-refractivity contribution is 0.604. The van der Waals surface area contributed by atoms with Gasteiger partial charge in [0.1, 0.15) is 0 Å². The van der Waals surface area contributed by atoms with E-state index in [4.69, 9.17) is 5.73 Å². The quantitative estimate of drug-likeness (QED) is 0.892. The number of rotatable bonds is 6. The van der Waals surface area contributed by atoms with Crippen LogP contribution in [0.4, 0.5) is 0 Å². The molecule has 0 heterocycles. The third kappa shape index (κ3) is 4.85. The lowest BCUT2D eigenvalue weighted by Gasteiger charge is -2.06. The Morgan fingerprint density at radius 3 is 2.14 bits per heavy atom. The van der Waals surface area contributed by atoms with Gasteiger partial charge in [0, 0.05) is 11.4 Å². The highest BCUT2D eigenvalue weighted by molar-refractivity contribution is 7.94. The van der Waals surface area contributed by atoms with E-state index in [0.717, 1.165) is 6.42 Å². The zero-order chi connectivity index (χ0) is 15.1. The van der Waals surface area contributed by atoms with E-state index >= 15 is 0 Å². The monoisotopic (exact) mass is 301 g/mol. The average Bonchev–Trinajstić information content (AvgIpc) is 2.53. The van der Waals surface area contributed by atoms with Crippen LogP contribution in [0.5, 0.6) is 0 Å². The van der Waals surface area contributed by atoms with Crippen molar-refractivity contribution in [1.29, 1.82) is 0 Å². The molecule has 2 rings (SSSR count). The first-order valence-electron chi connectivity index (χ1n) is 6.86. The summed E-state index contributed by atoms with van der Waals surface area (Å²) in [6.45, 7) is 0. The number of sulfone groups is 1. The molecule has 2 aromatic carbocycles. The molecule has 3 nitrogen and oxygen atoms in total. The van der Waals surface area contributed by atoms with Gasteiger partial charge >= 0.3 is 0 Å². The number of hydrogen-bond donors (Lipinski definition) is 1. The summed E-state index contributed by atoms with van der Waals surface area (Å²) >= 11 is 0. The first-order chi connectivity index (χ1) is 10.1. The molecular weight excluding hydrogens is 282 g/mol. The van der Waals surface area contributed by atoms with Crippen LogP contribution in [0, 0.1) is 0 Å². The van der Waals surface area contributed by atoms with E-state index in [0.29, 0.717) is 6.42 Å². The maximum atomic E-state index is 12.1. The van der Waals surface area contributed by atoms with E-state index in [-0.39, 0.29) is 10.9 Å². The molecule has 2 aromatic rings. The maximum absolute atomic E-state index is 12.1. The van der Waals surface area contributed by atoms with Gasteiger partial charge in [0.2, 0.25) is 0 Å². The van der Waals surface area contributed by atoms with Crippen LogP contribution >= 0.6 is 0 Å². The SMILES string of the molecule is NC(C=CS(=O)(=O)c1ccccc1)CCc1ccccc1. The van der Waals surface area contributed by atoms with Gasteiger partial charge in [0.05, 0.1) is 4.90 Å². The molecular formula is C17H19NO2S. The molecule has 0 aliphatic rings. The molecule has 1 atom stereocenters. The van der Waals surface area contributed by atoms with Gasteiger partial charge in [0.15, 0.2) is 9.84 Å². The summed E-state index contributed by atoms with van der Waals surface area (Å²) in [5.74, 6) is 0. The van der Waals surface area contributed by atoms with Crippen molar-refractivity contribution in [3.8, 4) is 0 Å². The topological polar surface area (TPSA) is 60.2 Å². The Morgan fingerprint density at radius 2 is 1.52 bits per heavy atom. The summed E-state index contributed by atoms with van der Waals surface area (Å²) in [5.41, 5.74) is 7.16.